The van der Waals surface area contributed by atoms with Crippen LogP contribution < -0.4 is 4.90 Å². The molecule has 33 heavy (non-hydrogen) atoms. The SMILES string of the molecule is Cc1ccc(I)c(-c2cc3nc(F)nc(N4CCN(C(=O)OC(C)(C)C)CC4)c3cc2Cl)n1. The number of piperazine rings is 1. The Labute approximate surface area is 210 Å². The fraction of sp³-hybridized carbons (Fsp3) is 0.391. The van der Waals surface area contributed by atoms with Crippen molar-refractivity contribution in [3.63, 3.8) is 0 Å². The minimum absolute atomic E-state index is 0.353. The number of halogens is 3. The number of aryl methyl sites for hydroxylation is 1. The molecule has 1 fully saturated rings. The number of ether oxygens (including phenoxy) is 1. The maximum absolute atomic E-state index is 14.4. The van der Waals surface area contributed by atoms with Gasteiger partial charge in [-0.15, -0.1) is 0 Å². The molecule has 1 aliphatic rings. The van der Waals surface area contributed by atoms with Crippen LogP contribution in [0.5, 0.6) is 0 Å². The van der Waals surface area contributed by atoms with Crippen molar-refractivity contribution < 1.29 is 13.9 Å². The van der Waals surface area contributed by atoms with E-state index in [0.29, 0.717) is 53.5 Å². The third-order valence-corrected chi connectivity index (χ3v) is 6.39. The summed E-state index contributed by atoms with van der Waals surface area (Å²) in [7, 11) is 0. The van der Waals surface area contributed by atoms with Crippen molar-refractivity contribution >= 4 is 57.0 Å². The first-order chi connectivity index (χ1) is 15.5. The molecule has 1 saturated heterocycles. The molecular formula is C23H24ClFIN5O2. The van der Waals surface area contributed by atoms with E-state index in [1.807, 2.05) is 44.7 Å². The molecule has 1 amide bonds. The number of nitrogens with zero attached hydrogens (tertiary/aromatic N) is 5. The molecular weight excluding hydrogens is 560 g/mol. The summed E-state index contributed by atoms with van der Waals surface area (Å²) in [4.78, 5) is 28.7. The topological polar surface area (TPSA) is 71.5 Å². The quantitative estimate of drug-likeness (QED) is 0.295. The molecule has 174 valence electrons. The number of carbonyl (C=O) groups excluding carboxylic acids is 1. The fourth-order valence-electron chi connectivity index (χ4n) is 3.68. The van der Waals surface area contributed by atoms with E-state index in [0.717, 1.165) is 15.0 Å². The summed E-state index contributed by atoms with van der Waals surface area (Å²) in [6.07, 6.45) is -1.17. The Morgan fingerprint density at radius 1 is 1.12 bits per heavy atom. The lowest BCUT2D eigenvalue weighted by Gasteiger charge is -2.36. The van der Waals surface area contributed by atoms with E-state index in [4.69, 9.17) is 16.3 Å². The lowest BCUT2D eigenvalue weighted by molar-refractivity contribution is 0.0240. The number of pyridine rings is 1. The van der Waals surface area contributed by atoms with Gasteiger partial charge in [-0.3, -0.25) is 4.98 Å². The van der Waals surface area contributed by atoms with Crippen LogP contribution in [0.25, 0.3) is 22.2 Å². The molecule has 10 heteroatoms. The summed E-state index contributed by atoms with van der Waals surface area (Å²) in [5, 5.41) is 1.14. The molecule has 1 aromatic carbocycles. The van der Waals surface area contributed by atoms with Gasteiger partial charge in [0.2, 0.25) is 0 Å². The van der Waals surface area contributed by atoms with Gasteiger partial charge in [-0.05, 0) is 74.6 Å². The van der Waals surface area contributed by atoms with Gasteiger partial charge in [-0.25, -0.2) is 9.78 Å². The summed E-state index contributed by atoms with van der Waals surface area (Å²) in [6, 6.07) is 7.42. The van der Waals surface area contributed by atoms with Gasteiger partial charge in [0, 0.05) is 46.4 Å². The van der Waals surface area contributed by atoms with Crippen LogP contribution in [0.4, 0.5) is 15.0 Å². The molecule has 0 N–H and O–H groups in total. The zero-order valence-electron chi connectivity index (χ0n) is 18.8. The molecule has 0 unspecified atom stereocenters. The van der Waals surface area contributed by atoms with Crippen molar-refractivity contribution in [2.24, 2.45) is 0 Å². The van der Waals surface area contributed by atoms with Crippen LogP contribution in [-0.4, -0.2) is 57.7 Å². The van der Waals surface area contributed by atoms with Crippen molar-refractivity contribution in [2.45, 2.75) is 33.3 Å². The van der Waals surface area contributed by atoms with Gasteiger partial charge in [0.25, 0.3) is 0 Å². The van der Waals surface area contributed by atoms with Gasteiger partial charge in [0.05, 0.1) is 16.2 Å². The molecule has 0 bridgehead atoms. The minimum Gasteiger partial charge on any atom is -0.444 e. The summed E-state index contributed by atoms with van der Waals surface area (Å²) in [6.45, 7) is 9.28. The average molecular weight is 584 g/mol. The molecule has 0 radical (unpaired) electrons. The molecule has 7 nitrogen and oxygen atoms in total. The first-order valence-electron chi connectivity index (χ1n) is 10.5. The zero-order chi connectivity index (χ0) is 23.9. The zero-order valence-corrected chi connectivity index (χ0v) is 21.7. The highest BCUT2D eigenvalue weighted by Crippen LogP contribution is 2.36. The highest BCUT2D eigenvalue weighted by molar-refractivity contribution is 14.1. The molecule has 4 rings (SSSR count). The van der Waals surface area contributed by atoms with Crippen LogP contribution in [0.2, 0.25) is 5.02 Å². The molecule has 0 aliphatic carbocycles. The van der Waals surface area contributed by atoms with E-state index in [-0.39, 0.29) is 6.09 Å². The van der Waals surface area contributed by atoms with Gasteiger partial charge in [0.15, 0.2) is 0 Å². The lowest BCUT2D eigenvalue weighted by Crippen LogP contribution is -2.50. The van der Waals surface area contributed by atoms with Crippen LogP contribution in [0, 0.1) is 16.6 Å². The second kappa shape index (κ2) is 9.17. The van der Waals surface area contributed by atoms with E-state index in [2.05, 4.69) is 37.5 Å². The number of benzene rings is 1. The van der Waals surface area contributed by atoms with Crippen LogP contribution >= 0.6 is 34.2 Å². The molecule has 3 heterocycles. The fourth-order valence-corrected chi connectivity index (χ4v) is 4.53. The number of aromatic nitrogens is 3. The van der Waals surface area contributed by atoms with Gasteiger partial charge in [-0.1, -0.05) is 11.6 Å². The molecule has 1 aliphatic heterocycles. The van der Waals surface area contributed by atoms with Gasteiger partial charge >= 0.3 is 12.2 Å². The van der Waals surface area contributed by atoms with Crippen molar-refractivity contribution in [3.05, 3.63) is 44.6 Å². The monoisotopic (exact) mass is 583 g/mol. The van der Waals surface area contributed by atoms with Gasteiger partial charge in [-0.2, -0.15) is 9.37 Å². The summed E-state index contributed by atoms with van der Waals surface area (Å²) in [5.41, 5.74) is 2.17. The van der Waals surface area contributed by atoms with E-state index in [1.54, 1.807) is 17.0 Å². The molecule has 0 saturated carbocycles. The highest BCUT2D eigenvalue weighted by Gasteiger charge is 2.27. The van der Waals surface area contributed by atoms with Crippen LogP contribution in [0.15, 0.2) is 24.3 Å². The summed E-state index contributed by atoms with van der Waals surface area (Å²) < 4.78 is 20.8. The molecule has 3 aromatic rings. The van der Waals surface area contributed by atoms with Gasteiger partial charge < -0.3 is 14.5 Å². The normalized spacial score (nSPS) is 14.6. The lowest BCUT2D eigenvalue weighted by atomic mass is 10.1. The van der Waals surface area contributed by atoms with Crippen LogP contribution in [0.3, 0.4) is 0 Å². The highest BCUT2D eigenvalue weighted by atomic mass is 127. The van der Waals surface area contributed by atoms with Crippen molar-refractivity contribution in [3.8, 4) is 11.3 Å². The number of anilines is 1. The predicted molar refractivity (Wildman–Crippen MR) is 135 cm³/mol. The number of rotatable bonds is 2. The number of fused-ring (bicyclic) bond motifs is 1. The number of amides is 1. The number of hydrogen-bond acceptors (Lipinski definition) is 6. The Morgan fingerprint density at radius 2 is 1.82 bits per heavy atom. The minimum atomic E-state index is -0.813. The second-order valence-corrected chi connectivity index (χ2v) is 10.5. The maximum atomic E-state index is 14.4. The van der Waals surface area contributed by atoms with Crippen molar-refractivity contribution in [1.29, 1.82) is 0 Å². The largest absolute Gasteiger partial charge is 0.444 e. The van der Waals surface area contributed by atoms with Crippen molar-refractivity contribution in [1.82, 2.24) is 19.9 Å². The van der Waals surface area contributed by atoms with E-state index < -0.39 is 11.7 Å². The Hall–Kier alpha value is -2.27. The van der Waals surface area contributed by atoms with Crippen LogP contribution in [0.1, 0.15) is 26.5 Å². The van der Waals surface area contributed by atoms with Crippen molar-refractivity contribution in [2.75, 3.05) is 31.1 Å². The standard InChI is InChI=1S/C23H24ClFIN5O2/c1-13-5-6-17(26)19(27-13)14-12-18-15(11-16(14)24)20(29-21(25)28-18)30-7-9-31(10-8-30)22(32)33-23(2,3)4/h5-6,11-12H,7-10H2,1-4H3. The Morgan fingerprint density at radius 3 is 2.48 bits per heavy atom. The van der Waals surface area contributed by atoms with Gasteiger partial charge in [0.1, 0.15) is 11.4 Å². The molecule has 0 spiro atoms. The summed E-state index contributed by atoms with van der Waals surface area (Å²) >= 11 is 8.86. The third kappa shape index (κ3) is 5.29. The van der Waals surface area contributed by atoms with Crippen LogP contribution in [-0.2, 0) is 4.74 Å². The summed E-state index contributed by atoms with van der Waals surface area (Å²) in [5.74, 6) is 0.460. The van der Waals surface area contributed by atoms with E-state index in [1.165, 1.54) is 0 Å². The Bertz CT molecular complexity index is 1230. The third-order valence-electron chi connectivity index (χ3n) is 5.21. The first kappa shape index (κ1) is 23.9. The Kier molecular flexibility index (Phi) is 6.63. The number of hydrogen-bond donors (Lipinski definition) is 0. The first-order valence-corrected chi connectivity index (χ1v) is 12.0. The predicted octanol–water partition coefficient (Wildman–Crippen LogP) is 5.45. The molecule has 2 aromatic heterocycles. The Balaban J connectivity index is 1.65. The van der Waals surface area contributed by atoms with E-state index in [9.17, 15) is 9.18 Å². The number of carbonyl (C=O) groups is 1. The second-order valence-electron chi connectivity index (χ2n) is 8.90. The van der Waals surface area contributed by atoms with E-state index >= 15 is 0 Å². The smallest absolute Gasteiger partial charge is 0.410 e. The average Bonchev–Trinajstić information content (AvgIpc) is 2.74. The molecule has 0 atom stereocenters. The maximum Gasteiger partial charge on any atom is 0.410 e.